The Labute approximate surface area is 127 Å². The summed E-state index contributed by atoms with van der Waals surface area (Å²) in [7, 11) is 1.61. The van der Waals surface area contributed by atoms with E-state index in [1.165, 1.54) is 0 Å². The minimum atomic E-state index is -0.0680. The molecule has 5 nitrogen and oxygen atoms in total. The van der Waals surface area contributed by atoms with Gasteiger partial charge in [-0.05, 0) is 25.0 Å². The smallest absolute Gasteiger partial charge is 0.239 e. The van der Waals surface area contributed by atoms with Crippen molar-refractivity contribution < 1.29 is 14.3 Å². The molecular weight excluding hydrogens is 268 g/mol. The second-order valence-corrected chi connectivity index (χ2v) is 5.45. The third-order valence-corrected chi connectivity index (χ3v) is 2.77. The summed E-state index contributed by atoms with van der Waals surface area (Å²) in [6.45, 7) is 7.56. The van der Waals surface area contributed by atoms with E-state index in [2.05, 4.69) is 24.5 Å². The predicted molar refractivity (Wildman–Crippen MR) is 84.7 cm³/mol. The quantitative estimate of drug-likeness (QED) is 0.733. The van der Waals surface area contributed by atoms with Crippen LogP contribution < -0.4 is 15.4 Å². The van der Waals surface area contributed by atoms with E-state index in [1.54, 1.807) is 7.11 Å². The Morgan fingerprint density at radius 2 is 1.90 bits per heavy atom. The van der Waals surface area contributed by atoms with Gasteiger partial charge in [-0.25, -0.2) is 0 Å². The number of nitrogens with one attached hydrogen (secondary N) is 2. The van der Waals surface area contributed by atoms with E-state index in [9.17, 15) is 4.79 Å². The molecule has 1 aromatic rings. The number of amides is 1. The SMILES string of the molecule is COc1ccccc1NCC(=O)N[C@@H](C)COCC(C)C. The summed E-state index contributed by atoms with van der Waals surface area (Å²) in [5.41, 5.74) is 0.805. The van der Waals surface area contributed by atoms with E-state index in [4.69, 9.17) is 9.47 Å². The van der Waals surface area contributed by atoms with Crippen molar-refractivity contribution in [3.63, 3.8) is 0 Å². The molecule has 0 saturated carbocycles. The number of hydrogen-bond acceptors (Lipinski definition) is 4. The fourth-order valence-electron chi connectivity index (χ4n) is 1.81. The molecule has 1 amide bonds. The minimum absolute atomic E-state index is 0.00396. The van der Waals surface area contributed by atoms with Crippen molar-refractivity contribution >= 4 is 11.6 Å². The molecule has 0 aromatic heterocycles. The van der Waals surface area contributed by atoms with Gasteiger partial charge in [-0.1, -0.05) is 26.0 Å². The fourth-order valence-corrected chi connectivity index (χ4v) is 1.81. The van der Waals surface area contributed by atoms with Crippen molar-refractivity contribution in [2.24, 2.45) is 5.92 Å². The third-order valence-electron chi connectivity index (χ3n) is 2.77. The van der Waals surface area contributed by atoms with Crippen molar-refractivity contribution in [1.82, 2.24) is 5.32 Å². The van der Waals surface area contributed by atoms with Gasteiger partial charge in [0.1, 0.15) is 5.75 Å². The van der Waals surface area contributed by atoms with Crippen LogP contribution in [0.15, 0.2) is 24.3 Å². The molecule has 118 valence electrons. The summed E-state index contributed by atoms with van der Waals surface area (Å²) in [5, 5.41) is 5.96. The lowest BCUT2D eigenvalue weighted by Crippen LogP contribution is -2.39. The van der Waals surface area contributed by atoms with Crippen LogP contribution in [0, 0.1) is 5.92 Å². The standard InChI is InChI=1S/C16H26N2O3/c1-12(2)10-21-11-13(3)18-16(19)9-17-14-7-5-6-8-15(14)20-4/h5-8,12-13,17H,9-11H2,1-4H3,(H,18,19)/t13-/m0/s1. The Bertz CT molecular complexity index is 435. The van der Waals surface area contributed by atoms with Gasteiger partial charge in [-0.3, -0.25) is 4.79 Å². The van der Waals surface area contributed by atoms with Crippen LogP contribution in [0.3, 0.4) is 0 Å². The number of rotatable bonds is 9. The molecule has 2 N–H and O–H groups in total. The first kappa shape index (κ1) is 17.3. The van der Waals surface area contributed by atoms with Gasteiger partial charge in [-0.2, -0.15) is 0 Å². The first-order valence-corrected chi connectivity index (χ1v) is 7.27. The molecule has 0 radical (unpaired) electrons. The summed E-state index contributed by atoms with van der Waals surface area (Å²) < 4.78 is 10.7. The van der Waals surface area contributed by atoms with E-state index in [-0.39, 0.29) is 18.5 Å². The average Bonchev–Trinajstić information content (AvgIpc) is 2.45. The lowest BCUT2D eigenvalue weighted by molar-refractivity contribution is -0.120. The highest BCUT2D eigenvalue weighted by atomic mass is 16.5. The Kier molecular flexibility index (Phi) is 7.61. The molecule has 5 heteroatoms. The maximum Gasteiger partial charge on any atom is 0.239 e. The van der Waals surface area contributed by atoms with Gasteiger partial charge in [0.2, 0.25) is 5.91 Å². The normalized spacial score (nSPS) is 12.0. The maximum atomic E-state index is 11.9. The van der Waals surface area contributed by atoms with Gasteiger partial charge in [-0.15, -0.1) is 0 Å². The second kappa shape index (κ2) is 9.23. The first-order valence-electron chi connectivity index (χ1n) is 7.27. The molecule has 0 aliphatic heterocycles. The van der Waals surface area contributed by atoms with Gasteiger partial charge in [0.25, 0.3) is 0 Å². The number of carbonyl (C=O) groups excluding carboxylic acids is 1. The third kappa shape index (κ3) is 6.99. The Morgan fingerprint density at radius 3 is 2.57 bits per heavy atom. The summed E-state index contributed by atoms with van der Waals surface area (Å²) >= 11 is 0. The molecule has 1 atom stereocenters. The number of carbonyl (C=O) groups is 1. The molecule has 1 rings (SSSR count). The predicted octanol–water partition coefficient (Wildman–Crippen LogP) is 2.28. The zero-order chi connectivity index (χ0) is 15.7. The van der Waals surface area contributed by atoms with Gasteiger partial charge in [0, 0.05) is 12.6 Å². The van der Waals surface area contributed by atoms with E-state index in [0.717, 1.165) is 11.4 Å². The van der Waals surface area contributed by atoms with Crippen LogP contribution in [-0.4, -0.2) is 38.8 Å². The largest absolute Gasteiger partial charge is 0.495 e. The second-order valence-electron chi connectivity index (χ2n) is 5.45. The van der Waals surface area contributed by atoms with Gasteiger partial charge < -0.3 is 20.1 Å². The fraction of sp³-hybridized carbons (Fsp3) is 0.562. The maximum absolute atomic E-state index is 11.9. The van der Waals surface area contributed by atoms with Crippen molar-refractivity contribution in [2.75, 3.05) is 32.2 Å². The Balaban J connectivity index is 2.30. The topological polar surface area (TPSA) is 59.6 Å². The van der Waals surface area contributed by atoms with E-state index in [1.807, 2.05) is 31.2 Å². The van der Waals surface area contributed by atoms with Gasteiger partial charge >= 0.3 is 0 Å². The van der Waals surface area contributed by atoms with Crippen LogP contribution in [0.1, 0.15) is 20.8 Å². The monoisotopic (exact) mass is 294 g/mol. The highest BCUT2D eigenvalue weighted by Gasteiger charge is 2.09. The Hall–Kier alpha value is -1.75. The average molecular weight is 294 g/mol. The highest BCUT2D eigenvalue weighted by molar-refractivity contribution is 5.81. The lowest BCUT2D eigenvalue weighted by Gasteiger charge is -2.16. The van der Waals surface area contributed by atoms with Crippen LogP contribution in [0.5, 0.6) is 5.75 Å². The number of anilines is 1. The molecule has 0 aliphatic carbocycles. The molecule has 0 spiro atoms. The molecule has 0 heterocycles. The summed E-state index contributed by atoms with van der Waals surface area (Å²) in [6.07, 6.45) is 0. The van der Waals surface area contributed by atoms with Crippen molar-refractivity contribution in [1.29, 1.82) is 0 Å². The van der Waals surface area contributed by atoms with Crippen molar-refractivity contribution in [3.8, 4) is 5.75 Å². The number of hydrogen-bond donors (Lipinski definition) is 2. The Morgan fingerprint density at radius 1 is 1.19 bits per heavy atom. The van der Waals surface area contributed by atoms with Crippen LogP contribution in [-0.2, 0) is 9.53 Å². The van der Waals surface area contributed by atoms with Gasteiger partial charge in [0.15, 0.2) is 0 Å². The van der Waals surface area contributed by atoms with Crippen LogP contribution in [0.25, 0.3) is 0 Å². The van der Waals surface area contributed by atoms with Crippen molar-refractivity contribution in [3.05, 3.63) is 24.3 Å². The van der Waals surface area contributed by atoms with Crippen molar-refractivity contribution in [2.45, 2.75) is 26.8 Å². The summed E-state index contributed by atoms with van der Waals surface area (Å²) in [6, 6.07) is 7.50. The number of para-hydroxylation sites is 2. The van der Waals surface area contributed by atoms with Crippen LogP contribution >= 0.6 is 0 Å². The van der Waals surface area contributed by atoms with E-state index < -0.39 is 0 Å². The molecular formula is C16H26N2O3. The first-order chi connectivity index (χ1) is 10.0. The molecule has 1 aromatic carbocycles. The van der Waals surface area contributed by atoms with Crippen LogP contribution in [0.2, 0.25) is 0 Å². The molecule has 0 aliphatic rings. The number of methoxy groups -OCH3 is 1. The summed E-state index contributed by atoms with van der Waals surface area (Å²) in [4.78, 5) is 11.9. The van der Waals surface area contributed by atoms with Gasteiger partial charge in [0.05, 0.1) is 25.9 Å². The van der Waals surface area contributed by atoms with E-state index >= 15 is 0 Å². The molecule has 0 fully saturated rings. The molecule has 0 bridgehead atoms. The zero-order valence-corrected chi connectivity index (χ0v) is 13.3. The lowest BCUT2D eigenvalue weighted by atomic mass is 10.2. The zero-order valence-electron chi connectivity index (χ0n) is 13.3. The van der Waals surface area contributed by atoms with Crippen LogP contribution in [0.4, 0.5) is 5.69 Å². The minimum Gasteiger partial charge on any atom is -0.495 e. The molecule has 0 saturated heterocycles. The number of ether oxygens (including phenoxy) is 2. The van der Waals surface area contributed by atoms with E-state index in [0.29, 0.717) is 19.1 Å². The number of benzene rings is 1. The molecule has 0 unspecified atom stereocenters. The summed E-state index contributed by atoms with van der Waals surface area (Å²) in [5.74, 6) is 1.15. The highest BCUT2D eigenvalue weighted by Crippen LogP contribution is 2.22. The molecule has 21 heavy (non-hydrogen) atoms.